The Morgan fingerprint density at radius 1 is 1.60 bits per heavy atom. The van der Waals surface area contributed by atoms with Gasteiger partial charge in [-0.05, 0) is 0 Å². The van der Waals surface area contributed by atoms with Crippen molar-refractivity contribution in [2.45, 2.75) is 5.33 Å². The summed E-state index contributed by atoms with van der Waals surface area (Å²) in [6.07, 6.45) is 2.72. The zero-order valence-corrected chi connectivity index (χ0v) is 7.28. The maximum absolute atomic E-state index is 12.8. The average molecular weight is 224 g/mol. The fraction of sp³-hybridized carbons (Fsp3) is 0.167. The van der Waals surface area contributed by atoms with Crippen molar-refractivity contribution >= 4 is 27.5 Å². The molecule has 0 amide bonds. The van der Waals surface area contributed by atoms with E-state index in [0.717, 1.165) is 0 Å². The Hall–Kier alpha value is -0.150. The topological polar surface area (TPSA) is 12.9 Å². The summed E-state index contributed by atoms with van der Waals surface area (Å²) in [5, 5.41) is 0.504. The summed E-state index contributed by atoms with van der Waals surface area (Å²) in [5.74, 6) is -0.395. The van der Waals surface area contributed by atoms with Gasteiger partial charge in [0.25, 0.3) is 0 Å². The lowest BCUT2D eigenvalue weighted by atomic mass is 10.3. The molecule has 0 spiro atoms. The van der Waals surface area contributed by atoms with E-state index in [-0.39, 0.29) is 5.02 Å². The minimum atomic E-state index is -0.395. The molecule has 0 aromatic carbocycles. The van der Waals surface area contributed by atoms with Crippen LogP contribution in [-0.2, 0) is 5.33 Å². The van der Waals surface area contributed by atoms with Gasteiger partial charge in [-0.25, -0.2) is 4.39 Å². The number of pyridine rings is 1. The van der Waals surface area contributed by atoms with Crippen LogP contribution in [0.15, 0.2) is 12.4 Å². The van der Waals surface area contributed by atoms with Gasteiger partial charge in [0.05, 0.1) is 5.02 Å². The van der Waals surface area contributed by atoms with Gasteiger partial charge in [-0.2, -0.15) is 0 Å². The van der Waals surface area contributed by atoms with Crippen LogP contribution in [0.4, 0.5) is 4.39 Å². The molecule has 1 nitrogen and oxygen atoms in total. The maximum atomic E-state index is 12.8. The van der Waals surface area contributed by atoms with Crippen LogP contribution in [0.25, 0.3) is 0 Å². The predicted octanol–water partition coefficient (Wildman–Crippen LogP) is 2.77. The average Bonchev–Trinajstić information content (AvgIpc) is 1.95. The predicted molar refractivity (Wildman–Crippen MR) is 41.8 cm³/mol. The van der Waals surface area contributed by atoms with Gasteiger partial charge in [0.1, 0.15) is 5.82 Å². The van der Waals surface area contributed by atoms with Crippen molar-refractivity contribution in [1.29, 1.82) is 0 Å². The first kappa shape index (κ1) is 7.95. The van der Waals surface area contributed by atoms with E-state index in [0.29, 0.717) is 10.9 Å². The van der Waals surface area contributed by atoms with Crippen molar-refractivity contribution in [3.63, 3.8) is 0 Å². The maximum Gasteiger partial charge on any atom is 0.148 e. The molecule has 1 aromatic heterocycles. The van der Waals surface area contributed by atoms with Crippen LogP contribution >= 0.6 is 27.5 Å². The second kappa shape index (κ2) is 3.30. The second-order valence-corrected chi connectivity index (χ2v) is 2.70. The van der Waals surface area contributed by atoms with Gasteiger partial charge in [0, 0.05) is 23.3 Å². The minimum Gasteiger partial charge on any atom is -0.263 e. The van der Waals surface area contributed by atoms with E-state index in [4.69, 9.17) is 11.6 Å². The molecule has 0 aliphatic heterocycles. The first-order valence-corrected chi connectivity index (χ1v) is 4.09. The third-order valence-corrected chi connectivity index (χ3v) is 1.92. The lowest BCUT2D eigenvalue weighted by Crippen LogP contribution is -1.87. The summed E-state index contributed by atoms with van der Waals surface area (Å²) in [4.78, 5) is 3.71. The van der Waals surface area contributed by atoms with E-state index in [9.17, 15) is 4.39 Å². The van der Waals surface area contributed by atoms with Crippen molar-refractivity contribution < 1.29 is 4.39 Å². The van der Waals surface area contributed by atoms with Gasteiger partial charge in [-0.1, -0.05) is 27.5 Å². The Morgan fingerprint density at radius 3 is 2.80 bits per heavy atom. The molecular weight excluding hydrogens is 220 g/mol. The number of rotatable bonds is 1. The largest absolute Gasteiger partial charge is 0.263 e. The molecule has 4 heteroatoms. The van der Waals surface area contributed by atoms with E-state index in [1.807, 2.05) is 0 Å². The molecule has 0 N–H and O–H groups in total. The molecule has 0 saturated heterocycles. The molecular formula is C6H4BrClFN. The third kappa shape index (κ3) is 1.47. The van der Waals surface area contributed by atoms with Gasteiger partial charge in [-0.15, -0.1) is 0 Å². The zero-order valence-electron chi connectivity index (χ0n) is 4.94. The number of alkyl halides is 1. The Balaban J connectivity index is 3.14. The Morgan fingerprint density at radius 2 is 2.30 bits per heavy atom. The molecule has 54 valence electrons. The summed E-state index contributed by atoms with van der Waals surface area (Å²) in [5.41, 5.74) is 0.479. The quantitative estimate of drug-likeness (QED) is 0.669. The second-order valence-electron chi connectivity index (χ2n) is 1.73. The van der Waals surface area contributed by atoms with E-state index < -0.39 is 5.82 Å². The lowest BCUT2D eigenvalue weighted by Gasteiger charge is -1.97. The number of hydrogen-bond donors (Lipinski definition) is 0. The summed E-state index contributed by atoms with van der Waals surface area (Å²) in [6, 6.07) is 0. The lowest BCUT2D eigenvalue weighted by molar-refractivity contribution is 0.615. The van der Waals surface area contributed by atoms with Crippen LogP contribution < -0.4 is 0 Å². The summed E-state index contributed by atoms with van der Waals surface area (Å²) >= 11 is 8.54. The van der Waals surface area contributed by atoms with Crippen molar-refractivity contribution in [2.24, 2.45) is 0 Å². The molecule has 0 bridgehead atoms. The minimum absolute atomic E-state index is 0.0666. The van der Waals surface area contributed by atoms with Crippen LogP contribution in [-0.4, -0.2) is 4.98 Å². The molecule has 1 heterocycles. The van der Waals surface area contributed by atoms with E-state index >= 15 is 0 Å². The molecule has 0 aliphatic carbocycles. The van der Waals surface area contributed by atoms with E-state index in [1.54, 1.807) is 0 Å². The number of halogens is 3. The molecule has 1 aromatic rings. The van der Waals surface area contributed by atoms with Crippen molar-refractivity contribution in [1.82, 2.24) is 4.98 Å². The highest BCUT2D eigenvalue weighted by Gasteiger charge is 2.03. The standard InChI is InChI=1S/C6H4BrClFN/c7-1-4-2-10-3-5(8)6(4)9/h2-3H,1H2. The Labute approximate surface area is 71.4 Å². The number of aromatic nitrogens is 1. The highest BCUT2D eigenvalue weighted by molar-refractivity contribution is 9.08. The van der Waals surface area contributed by atoms with Crippen LogP contribution in [0.3, 0.4) is 0 Å². The van der Waals surface area contributed by atoms with Crippen LogP contribution in [0, 0.1) is 5.82 Å². The summed E-state index contributed by atoms with van der Waals surface area (Å²) < 4.78 is 12.8. The van der Waals surface area contributed by atoms with Gasteiger partial charge < -0.3 is 0 Å². The normalized spacial score (nSPS) is 9.90. The van der Waals surface area contributed by atoms with Crippen molar-refractivity contribution in [2.75, 3.05) is 0 Å². The molecule has 0 aliphatic rings. The van der Waals surface area contributed by atoms with Gasteiger partial charge >= 0.3 is 0 Å². The van der Waals surface area contributed by atoms with Crippen molar-refractivity contribution in [3.05, 3.63) is 28.8 Å². The zero-order chi connectivity index (χ0) is 7.56. The SMILES string of the molecule is Fc1c(Cl)cncc1CBr. The first-order chi connectivity index (χ1) is 4.75. The van der Waals surface area contributed by atoms with E-state index in [1.165, 1.54) is 12.4 Å². The number of hydrogen-bond acceptors (Lipinski definition) is 1. The molecule has 1 rings (SSSR count). The molecule has 10 heavy (non-hydrogen) atoms. The van der Waals surface area contributed by atoms with Gasteiger partial charge in [0.15, 0.2) is 0 Å². The highest BCUT2D eigenvalue weighted by Crippen LogP contribution is 2.17. The smallest absolute Gasteiger partial charge is 0.148 e. The van der Waals surface area contributed by atoms with Gasteiger partial charge in [0.2, 0.25) is 0 Å². The molecule has 0 fully saturated rings. The molecule has 0 atom stereocenters. The van der Waals surface area contributed by atoms with Gasteiger partial charge in [-0.3, -0.25) is 4.98 Å². The Kier molecular flexibility index (Phi) is 2.63. The van der Waals surface area contributed by atoms with Crippen LogP contribution in [0.1, 0.15) is 5.56 Å². The monoisotopic (exact) mass is 223 g/mol. The summed E-state index contributed by atoms with van der Waals surface area (Å²) in [7, 11) is 0. The summed E-state index contributed by atoms with van der Waals surface area (Å²) in [6.45, 7) is 0. The fourth-order valence-corrected chi connectivity index (χ4v) is 1.12. The van der Waals surface area contributed by atoms with Crippen LogP contribution in [0.2, 0.25) is 5.02 Å². The van der Waals surface area contributed by atoms with Crippen molar-refractivity contribution in [3.8, 4) is 0 Å². The Bertz CT molecular complexity index is 241. The number of nitrogens with zero attached hydrogens (tertiary/aromatic N) is 1. The molecule has 0 unspecified atom stereocenters. The highest BCUT2D eigenvalue weighted by atomic mass is 79.9. The molecule has 0 radical (unpaired) electrons. The third-order valence-electron chi connectivity index (χ3n) is 1.05. The first-order valence-electron chi connectivity index (χ1n) is 2.59. The van der Waals surface area contributed by atoms with E-state index in [2.05, 4.69) is 20.9 Å². The molecule has 0 saturated carbocycles. The van der Waals surface area contributed by atoms with Crippen LogP contribution in [0.5, 0.6) is 0 Å². The fourth-order valence-electron chi connectivity index (χ4n) is 0.553.